The lowest BCUT2D eigenvalue weighted by Gasteiger charge is -2.13. The van der Waals surface area contributed by atoms with Crippen molar-refractivity contribution in [3.8, 4) is 5.75 Å². The van der Waals surface area contributed by atoms with Crippen molar-refractivity contribution in [2.24, 2.45) is 5.73 Å². The molecule has 1 atom stereocenters. The fourth-order valence-electron chi connectivity index (χ4n) is 2.21. The zero-order valence-electron chi connectivity index (χ0n) is 12.2. The number of aryl methyl sites for hydroxylation is 1. The molecule has 0 spiro atoms. The Morgan fingerprint density at radius 2 is 2.15 bits per heavy atom. The summed E-state index contributed by atoms with van der Waals surface area (Å²) in [6.07, 6.45) is 4.67. The van der Waals surface area contributed by atoms with Gasteiger partial charge in [-0.2, -0.15) is 0 Å². The molecule has 2 rings (SSSR count). The third kappa shape index (κ3) is 3.99. The van der Waals surface area contributed by atoms with Crippen molar-refractivity contribution in [1.82, 2.24) is 9.55 Å². The molecule has 0 saturated carbocycles. The monoisotopic (exact) mass is 295 g/mol. The minimum Gasteiger partial charge on any atom is -0.496 e. The summed E-state index contributed by atoms with van der Waals surface area (Å²) in [6, 6.07) is 6.42. The van der Waals surface area contributed by atoms with E-state index in [1.54, 1.807) is 7.11 Å². The highest BCUT2D eigenvalue weighted by atomic mass is 35.5. The van der Waals surface area contributed by atoms with Gasteiger partial charge in [0.25, 0.3) is 0 Å². The number of imidazole rings is 1. The summed E-state index contributed by atoms with van der Waals surface area (Å²) in [5.74, 6) is 1.90. The van der Waals surface area contributed by atoms with E-state index in [2.05, 4.69) is 21.7 Å². The van der Waals surface area contributed by atoms with Crippen LogP contribution in [0, 0.1) is 6.92 Å². The maximum Gasteiger partial charge on any atom is 0.123 e. The molecular weight excluding hydrogens is 274 g/mol. The molecular formula is C15H22ClN3O. The zero-order valence-corrected chi connectivity index (χ0v) is 13.0. The highest BCUT2D eigenvalue weighted by Crippen LogP contribution is 2.22. The van der Waals surface area contributed by atoms with Crippen LogP contribution < -0.4 is 10.5 Å². The molecule has 0 fully saturated rings. The van der Waals surface area contributed by atoms with Gasteiger partial charge < -0.3 is 15.0 Å². The van der Waals surface area contributed by atoms with Crippen molar-refractivity contribution < 1.29 is 4.74 Å². The Kier molecular flexibility index (Phi) is 6.05. The topological polar surface area (TPSA) is 53.1 Å². The number of nitrogens with two attached hydrogens (primary N) is 1. The second kappa shape index (κ2) is 7.31. The number of benzene rings is 1. The minimum absolute atomic E-state index is 0. The molecule has 0 amide bonds. The van der Waals surface area contributed by atoms with E-state index < -0.39 is 0 Å². The van der Waals surface area contributed by atoms with Gasteiger partial charge >= 0.3 is 0 Å². The van der Waals surface area contributed by atoms with Gasteiger partial charge in [0.05, 0.1) is 13.7 Å². The number of halogens is 1. The second-order valence-electron chi connectivity index (χ2n) is 4.93. The summed E-state index contributed by atoms with van der Waals surface area (Å²) in [6.45, 7) is 4.78. The number of ether oxygens (including phenoxy) is 1. The van der Waals surface area contributed by atoms with Crippen molar-refractivity contribution in [2.75, 3.05) is 7.11 Å². The Bertz CT molecular complexity index is 552. The quantitative estimate of drug-likeness (QED) is 0.922. The van der Waals surface area contributed by atoms with E-state index in [9.17, 15) is 0 Å². The van der Waals surface area contributed by atoms with Gasteiger partial charge in [0.15, 0.2) is 0 Å². The van der Waals surface area contributed by atoms with Gasteiger partial charge in [0.1, 0.15) is 11.6 Å². The Morgan fingerprint density at radius 3 is 2.70 bits per heavy atom. The normalized spacial score (nSPS) is 11.8. The summed E-state index contributed by atoms with van der Waals surface area (Å²) in [5.41, 5.74) is 8.25. The average molecular weight is 296 g/mol. The van der Waals surface area contributed by atoms with Crippen molar-refractivity contribution in [1.29, 1.82) is 0 Å². The van der Waals surface area contributed by atoms with Crippen LogP contribution in [0.1, 0.15) is 23.9 Å². The Balaban J connectivity index is 0.00000200. The van der Waals surface area contributed by atoms with Gasteiger partial charge in [-0.15, -0.1) is 12.4 Å². The second-order valence-corrected chi connectivity index (χ2v) is 4.93. The van der Waals surface area contributed by atoms with Crippen LogP contribution in [0.5, 0.6) is 5.75 Å². The lowest BCUT2D eigenvalue weighted by molar-refractivity contribution is 0.408. The van der Waals surface area contributed by atoms with E-state index in [1.807, 2.05) is 32.3 Å². The molecule has 1 aromatic carbocycles. The number of aromatic nitrogens is 2. The molecule has 0 aliphatic rings. The van der Waals surface area contributed by atoms with Crippen LogP contribution in [0.15, 0.2) is 30.6 Å². The number of hydrogen-bond acceptors (Lipinski definition) is 3. The van der Waals surface area contributed by atoms with E-state index in [0.29, 0.717) is 0 Å². The maximum atomic E-state index is 5.86. The van der Waals surface area contributed by atoms with Crippen LogP contribution in [-0.4, -0.2) is 22.7 Å². The van der Waals surface area contributed by atoms with Crippen LogP contribution >= 0.6 is 12.4 Å². The molecule has 2 N–H and O–H groups in total. The van der Waals surface area contributed by atoms with Gasteiger partial charge in [-0.05, 0) is 31.9 Å². The van der Waals surface area contributed by atoms with Crippen molar-refractivity contribution in [2.45, 2.75) is 32.9 Å². The Morgan fingerprint density at radius 1 is 1.40 bits per heavy atom. The largest absolute Gasteiger partial charge is 0.496 e. The van der Waals surface area contributed by atoms with E-state index in [0.717, 1.165) is 30.1 Å². The molecule has 1 unspecified atom stereocenters. The van der Waals surface area contributed by atoms with Crippen molar-refractivity contribution >= 4 is 12.4 Å². The third-order valence-corrected chi connectivity index (χ3v) is 3.17. The number of nitrogens with zero attached hydrogens (tertiary/aromatic N) is 2. The standard InChI is InChI=1S/C15H21N3O.ClH/c1-11(16)8-13-4-5-15(19-3)14(9-13)10-18-7-6-17-12(18)2;/h4-7,9,11H,8,10,16H2,1-3H3;1H. The van der Waals surface area contributed by atoms with E-state index in [-0.39, 0.29) is 18.4 Å². The molecule has 0 radical (unpaired) electrons. The smallest absolute Gasteiger partial charge is 0.123 e. The third-order valence-electron chi connectivity index (χ3n) is 3.17. The molecule has 0 saturated heterocycles. The summed E-state index contributed by atoms with van der Waals surface area (Å²) in [7, 11) is 1.70. The van der Waals surface area contributed by atoms with Crippen LogP contribution in [0.2, 0.25) is 0 Å². The summed E-state index contributed by atoms with van der Waals surface area (Å²) in [4.78, 5) is 4.24. The van der Waals surface area contributed by atoms with E-state index >= 15 is 0 Å². The first-order valence-corrected chi connectivity index (χ1v) is 6.49. The SMILES string of the molecule is COc1ccc(CC(C)N)cc1Cn1ccnc1C.Cl. The minimum atomic E-state index is 0. The summed E-state index contributed by atoms with van der Waals surface area (Å²) in [5, 5.41) is 0. The van der Waals surface area contributed by atoms with Crippen LogP contribution in [0.4, 0.5) is 0 Å². The zero-order chi connectivity index (χ0) is 13.8. The lowest BCUT2D eigenvalue weighted by atomic mass is 10.0. The number of rotatable bonds is 5. The van der Waals surface area contributed by atoms with Gasteiger partial charge in [-0.1, -0.05) is 12.1 Å². The molecule has 0 aliphatic carbocycles. The molecule has 1 aromatic heterocycles. The molecule has 2 aromatic rings. The van der Waals surface area contributed by atoms with Crippen molar-refractivity contribution in [3.63, 3.8) is 0 Å². The van der Waals surface area contributed by atoms with E-state index in [4.69, 9.17) is 10.5 Å². The predicted molar refractivity (Wildman–Crippen MR) is 83.7 cm³/mol. The predicted octanol–water partition coefficient (Wildman–Crippen LogP) is 2.56. The fraction of sp³-hybridized carbons (Fsp3) is 0.400. The van der Waals surface area contributed by atoms with Gasteiger partial charge in [-0.3, -0.25) is 0 Å². The van der Waals surface area contributed by atoms with Crippen LogP contribution in [0.3, 0.4) is 0 Å². The Labute approximate surface area is 126 Å². The van der Waals surface area contributed by atoms with Gasteiger partial charge in [0, 0.05) is 24.0 Å². The average Bonchev–Trinajstić information content (AvgIpc) is 2.75. The summed E-state index contributed by atoms with van der Waals surface area (Å²) < 4.78 is 7.53. The molecule has 4 nitrogen and oxygen atoms in total. The number of methoxy groups -OCH3 is 1. The van der Waals surface area contributed by atoms with Crippen molar-refractivity contribution in [3.05, 3.63) is 47.5 Å². The van der Waals surface area contributed by atoms with Crippen LogP contribution in [0.25, 0.3) is 0 Å². The molecule has 110 valence electrons. The molecule has 0 bridgehead atoms. The molecule has 20 heavy (non-hydrogen) atoms. The van der Waals surface area contributed by atoms with E-state index in [1.165, 1.54) is 5.56 Å². The van der Waals surface area contributed by atoms with Gasteiger partial charge in [-0.25, -0.2) is 4.98 Å². The molecule has 1 heterocycles. The first-order chi connectivity index (χ1) is 9.10. The molecule has 5 heteroatoms. The first-order valence-electron chi connectivity index (χ1n) is 6.49. The molecule has 0 aliphatic heterocycles. The maximum absolute atomic E-state index is 5.86. The fourth-order valence-corrected chi connectivity index (χ4v) is 2.21. The van der Waals surface area contributed by atoms with Gasteiger partial charge in [0.2, 0.25) is 0 Å². The Hall–Kier alpha value is -1.52. The summed E-state index contributed by atoms with van der Waals surface area (Å²) >= 11 is 0. The first kappa shape index (κ1) is 16.5. The highest BCUT2D eigenvalue weighted by molar-refractivity contribution is 5.85. The van der Waals surface area contributed by atoms with Crippen LogP contribution in [-0.2, 0) is 13.0 Å². The number of hydrogen-bond donors (Lipinski definition) is 1. The highest BCUT2D eigenvalue weighted by Gasteiger charge is 2.08. The lowest BCUT2D eigenvalue weighted by Crippen LogP contribution is -2.18.